The highest BCUT2D eigenvalue weighted by molar-refractivity contribution is 7.86. The summed E-state index contributed by atoms with van der Waals surface area (Å²) >= 11 is 0. The van der Waals surface area contributed by atoms with Crippen LogP contribution in [-0.4, -0.2) is 45.1 Å². The van der Waals surface area contributed by atoms with Crippen molar-refractivity contribution in [2.24, 2.45) is 0 Å². The van der Waals surface area contributed by atoms with Crippen LogP contribution in [0.2, 0.25) is 18.1 Å². The fraction of sp³-hybridized carbons (Fsp3) is 0.545. The van der Waals surface area contributed by atoms with Gasteiger partial charge in [0.05, 0.1) is 23.7 Å². The van der Waals surface area contributed by atoms with Gasteiger partial charge in [-0.05, 0) is 37.2 Å². The lowest BCUT2D eigenvalue weighted by Crippen LogP contribution is -2.46. The minimum absolute atomic E-state index is 0.0635. The van der Waals surface area contributed by atoms with Crippen molar-refractivity contribution in [1.82, 2.24) is 9.55 Å². The van der Waals surface area contributed by atoms with E-state index in [1.807, 2.05) is 6.92 Å². The van der Waals surface area contributed by atoms with Gasteiger partial charge in [-0.15, -0.1) is 0 Å². The number of nitrogens with zero attached hydrogens (tertiary/aromatic N) is 1. The standard InChI is InChI=1S/C22H32N2O7SSi/c1-15-7-9-17(10-8-15)32(27,28)29-14-16-13-18(31-33(5,6)22(2,3)4)20(30-16)24-12-11-19(25)23-21(24)26/h7-12,16,18,20H,13-14H2,1-6H3,(H,23,25,26)/t16-,18-,20-/m1/s1. The van der Waals surface area contributed by atoms with E-state index in [0.29, 0.717) is 6.42 Å². The van der Waals surface area contributed by atoms with E-state index in [1.54, 1.807) is 12.1 Å². The molecule has 1 N–H and O–H groups in total. The molecule has 0 saturated carbocycles. The van der Waals surface area contributed by atoms with Gasteiger partial charge in [-0.2, -0.15) is 8.42 Å². The molecule has 1 saturated heterocycles. The Kier molecular flexibility index (Phi) is 7.20. The average Bonchev–Trinajstić information content (AvgIpc) is 3.08. The maximum Gasteiger partial charge on any atom is 0.330 e. The first kappa shape index (κ1) is 25.6. The van der Waals surface area contributed by atoms with Crippen molar-refractivity contribution in [3.8, 4) is 0 Å². The fourth-order valence-corrected chi connectivity index (χ4v) is 5.56. The molecule has 182 valence electrons. The zero-order chi connectivity index (χ0) is 24.6. The monoisotopic (exact) mass is 496 g/mol. The number of ether oxygens (including phenoxy) is 1. The molecular formula is C22H32N2O7SSi. The number of aryl methyl sites for hydroxylation is 1. The molecule has 2 heterocycles. The van der Waals surface area contributed by atoms with Gasteiger partial charge in [0.2, 0.25) is 0 Å². The summed E-state index contributed by atoms with van der Waals surface area (Å²) in [6, 6.07) is 7.62. The third-order valence-corrected chi connectivity index (χ3v) is 12.0. The van der Waals surface area contributed by atoms with Gasteiger partial charge in [-0.1, -0.05) is 38.5 Å². The van der Waals surface area contributed by atoms with Crippen LogP contribution in [0.3, 0.4) is 0 Å². The van der Waals surface area contributed by atoms with Gasteiger partial charge in [0.25, 0.3) is 15.7 Å². The molecule has 0 bridgehead atoms. The number of aromatic amines is 1. The van der Waals surface area contributed by atoms with E-state index in [-0.39, 0.29) is 16.5 Å². The van der Waals surface area contributed by atoms with Crippen LogP contribution in [0.5, 0.6) is 0 Å². The third kappa shape index (κ3) is 5.90. The molecule has 1 aliphatic heterocycles. The van der Waals surface area contributed by atoms with E-state index in [0.717, 1.165) is 5.56 Å². The Balaban J connectivity index is 1.82. The van der Waals surface area contributed by atoms with E-state index >= 15 is 0 Å². The quantitative estimate of drug-likeness (QED) is 0.463. The molecule has 11 heteroatoms. The van der Waals surface area contributed by atoms with Crippen LogP contribution in [0, 0.1) is 6.92 Å². The highest BCUT2D eigenvalue weighted by atomic mass is 32.2. The van der Waals surface area contributed by atoms with E-state index in [1.165, 1.54) is 29.0 Å². The normalized spacial score (nSPS) is 21.9. The van der Waals surface area contributed by atoms with Gasteiger partial charge in [0.15, 0.2) is 14.5 Å². The summed E-state index contributed by atoms with van der Waals surface area (Å²) in [6.45, 7) is 12.1. The molecule has 33 heavy (non-hydrogen) atoms. The highest BCUT2D eigenvalue weighted by Gasteiger charge is 2.45. The first-order valence-corrected chi connectivity index (χ1v) is 15.1. The maximum absolute atomic E-state index is 12.6. The Labute approximate surface area is 195 Å². The summed E-state index contributed by atoms with van der Waals surface area (Å²) in [5, 5.41) is -0.0864. The Bertz CT molecular complexity index is 1200. The minimum atomic E-state index is -3.96. The summed E-state index contributed by atoms with van der Waals surface area (Å²) in [6.07, 6.45) is -0.250. The lowest BCUT2D eigenvalue weighted by molar-refractivity contribution is -0.0468. The Hall–Kier alpha value is -2.05. The van der Waals surface area contributed by atoms with Crippen LogP contribution < -0.4 is 11.2 Å². The number of hydrogen-bond acceptors (Lipinski definition) is 7. The number of hydrogen-bond donors (Lipinski definition) is 1. The molecular weight excluding hydrogens is 464 g/mol. The van der Waals surface area contributed by atoms with Gasteiger partial charge in [-0.25, -0.2) is 4.79 Å². The fourth-order valence-electron chi connectivity index (χ4n) is 3.30. The van der Waals surface area contributed by atoms with Gasteiger partial charge < -0.3 is 9.16 Å². The topological polar surface area (TPSA) is 117 Å². The zero-order valence-electron chi connectivity index (χ0n) is 19.8. The molecule has 0 spiro atoms. The Morgan fingerprint density at radius 2 is 1.79 bits per heavy atom. The molecule has 3 atom stereocenters. The molecule has 1 aromatic carbocycles. The summed E-state index contributed by atoms with van der Waals surface area (Å²) in [4.78, 5) is 26.2. The summed E-state index contributed by atoms with van der Waals surface area (Å²) in [5.41, 5.74) is -0.196. The van der Waals surface area contributed by atoms with E-state index in [2.05, 4.69) is 38.8 Å². The van der Waals surface area contributed by atoms with Crippen molar-refractivity contribution < 1.29 is 21.8 Å². The van der Waals surface area contributed by atoms with Crippen molar-refractivity contribution in [3.05, 3.63) is 62.9 Å². The molecule has 1 aliphatic rings. The number of aromatic nitrogens is 2. The number of nitrogens with one attached hydrogen (secondary N) is 1. The molecule has 9 nitrogen and oxygen atoms in total. The summed E-state index contributed by atoms with van der Waals surface area (Å²) in [7, 11) is -6.21. The number of rotatable bonds is 7. The van der Waals surface area contributed by atoms with Gasteiger partial charge >= 0.3 is 5.69 Å². The first-order chi connectivity index (χ1) is 15.2. The van der Waals surface area contributed by atoms with Gasteiger partial charge in [0.1, 0.15) is 0 Å². The Morgan fingerprint density at radius 3 is 2.36 bits per heavy atom. The third-order valence-electron chi connectivity index (χ3n) is 6.24. The van der Waals surface area contributed by atoms with Gasteiger partial charge in [0, 0.05) is 18.7 Å². The second kappa shape index (κ2) is 9.30. The molecule has 0 aliphatic carbocycles. The predicted molar refractivity (Wildman–Crippen MR) is 126 cm³/mol. The lowest BCUT2D eigenvalue weighted by atomic mass is 10.2. The van der Waals surface area contributed by atoms with E-state index in [4.69, 9.17) is 13.3 Å². The Morgan fingerprint density at radius 1 is 1.15 bits per heavy atom. The van der Waals surface area contributed by atoms with Gasteiger partial charge in [-0.3, -0.25) is 18.5 Å². The highest BCUT2D eigenvalue weighted by Crippen LogP contribution is 2.41. The van der Waals surface area contributed by atoms with Crippen LogP contribution in [-0.2, 0) is 23.5 Å². The summed E-state index contributed by atoms with van der Waals surface area (Å²) in [5.74, 6) is 0. The SMILES string of the molecule is Cc1ccc(S(=O)(=O)OC[C@H]2C[C@@H](O[Si](C)(C)C(C)(C)C)[C@H](n3ccc(=O)[nH]c3=O)O2)cc1. The lowest BCUT2D eigenvalue weighted by Gasteiger charge is -2.39. The van der Waals surface area contributed by atoms with Crippen LogP contribution in [0.1, 0.15) is 39.0 Å². The largest absolute Gasteiger partial charge is 0.409 e. The molecule has 0 unspecified atom stereocenters. The predicted octanol–water partition coefficient (Wildman–Crippen LogP) is 2.93. The second-order valence-electron chi connectivity index (χ2n) is 9.87. The minimum Gasteiger partial charge on any atom is -0.409 e. The van der Waals surface area contributed by atoms with Crippen LogP contribution in [0.25, 0.3) is 0 Å². The number of H-pyrrole nitrogens is 1. The molecule has 1 aromatic heterocycles. The van der Waals surface area contributed by atoms with E-state index in [9.17, 15) is 18.0 Å². The average molecular weight is 497 g/mol. The molecule has 2 aromatic rings. The van der Waals surface area contributed by atoms with Crippen molar-refractivity contribution >= 4 is 18.4 Å². The zero-order valence-corrected chi connectivity index (χ0v) is 21.6. The van der Waals surface area contributed by atoms with Crippen LogP contribution in [0.15, 0.2) is 51.0 Å². The summed E-state index contributed by atoms with van der Waals surface area (Å²) < 4.78 is 44.3. The number of benzene rings is 1. The van der Waals surface area contributed by atoms with E-state index < -0.39 is 48.1 Å². The van der Waals surface area contributed by atoms with Crippen molar-refractivity contribution in [3.63, 3.8) is 0 Å². The molecule has 0 radical (unpaired) electrons. The van der Waals surface area contributed by atoms with Crippen molar-refractivity contribution in [2.75, 3.05) is 6.61 Å². The second-order valence-corrected chi connectivity index (χ2v) is 16.2. The maximum atomic E-state index is 12.6. The molecule has 1 fully saturated rings. The smallest absolute Gasteiger partial charge is 0.330 e. The molecule has 3 rings (SSSR count). The van der Waals surface area contributed by atoms with Crippen molar-refractivity contribution in [2.45, 2.75) is 75.6 Å². The first-order valence-electron chi connectivity index (χ1n) is 10.8. The van der Waals surface area contributed by atoms with Crippen molar-refractivity contribution in [1.29, 1.82) is 0 Å². The van der Waals surface area contributed by atoms with Crippen LogP contribution >= 0.6 is 0 Å². The molecule has 0 amide bonds. The van der Waals surface area contributed by atoms with Crippen LogP contribution in [0.4, 0.5) is 0 Å².